The second kappa shape index (κ2) is 3.93. The summed E-state index contributed by atoms with van der Waals surface area (Å²) < 4.78 is 0. The lowest BCUT2D eigenvalue weighted by molar-refractivity contribution is 0.670. The lowest BCUT2D eigenvalue weighted by Gasteiger charge is -2.07. The Morgan fingerprint density at radius 3 is 2.42 bits per heavy atom. The van der Waals surface area contributed by atoms with Crippen LogP contribution in [0.3, 0.4) is 0 Å². The molecule has 1 aliphatic carbocycles. The molecular weight excluding hydrogens is 144 g/mol. The van der Waals surface area contributed by atoms with E-state index >= 15 is 0 Å². The Labute approximate surface area is 76.4 Å². The molecule has 0 aromatic heterocycles. The molecule has 0 fully saturated rings. The fourth-order valence-electron chi connectivity index (χ4n) is 1.55. The van der Waals surface area contributed by atoms with Gasteiger partial charge in [0.25, 0.3) is 0 Å². The van der Waals surface area contributed by atoms with Crippen LogP contribution in [0.15, 0.2) is 23.3 Å². The fraction of sp³-hybridized carbons (Fsp3) is 0.667. The van der Waals surface area contributed by atoms with Crippen molar-refractivity contribution in [2.45, 2.75) is 40.5 Å². The van der Waals surface area contributed by atoms with Gasteiger partial charge in [-0.3, -0.25) is 0 Å². The smallest absolute Gasteiger partial charge is 0.0127 e. The lowest BCUT2D eigenvalue weighted by Crippen LogP contribution is -1.93. The highest BCUT2D eigenvalue weighted by Crippen LogP contribution is 2.29. The van der Waals surface area contributed by atoms with Crippen molar-refractivity contribution in [1.29, 1.82) is 0 Å². The molecule has 0 spiro atoms. The van der Waals surface area contributed by atoms with Gasteiger partial charge in [0.1, 0.15) is 0 Å². The number of hydrogen-bond donors (Lipinski definition) is 0. The predicted octanol–water partition coefficient (Wildman–Crippen LogP) is 3.95. The molecule has 0 N–H and O–H groups in total. The number of rotatable bonds is 3. The molecule has 1 unspecified atom stereocenters. The van der Waals surface area contributed by atoms with Crippen molar-refractivity contribution in [1.82, 2.24) is 0 Å². The second-order valence-corrected chi connectivity index (χ2v) is 4.09. The summed E-state index contributed by atoms with van der Waals surface area (Å²) in [4.78, 5) is 0. The minimum atomic E-state index is 0.725. The van der Waals surface area contributed by atoms with Gasteiger partial charge in [-0.1, -0.05) is 45.4 Å². The standard InChI is InChI=1S/C12H20/c1-5-10(4)12-7-6-11(8-12)9(2)3/h7-10H,5-6H2,1-4H3. The molecule has 0 aromatic carbocycles. The van der Waals surface area contributed by atoms with E-state index in [0.717, 1.165) is 11.8 Å². The third-order valence-corrected chi connectivity index (χ3v) is 2.85. The van der Waals surface area contributed by atoms with Crippen LogP contribution in [-0.2, 0) is 0 Å². The Balaban J connectivity index is 2.61. The molecule has 0 bridgehead atoms. The van der Waals surface area contributed by atoms with Crippen LogP contribution in [-0.4, -0.2) is 0 Å². The van der Waals surface area contributed by atoms with Gasteiger partial charge in [0.15, 0.2) is 0 Å². The van der Waals surface area contributed by atoms with E-state index in [0.29, 0.717) is 0 Å². The van der Waals surface area contributed by atoms with Crippen molar-refractivity contribution < 1.29 is 0 Å². The van der Waals surface area contributed by atoms with E-state index in [1.807, 2.05) is 0 Å². The molecule has 1 rings (SSSR count). The third-order valence-electron chi connectivity index (χ3n) is 2.85. The highest BCUT2D eigenvalue weighted by molar-refractivity contribution is 5.34. The average Bonchev–Trinajstić information content (AvgIpc) is 2.51. The van der Waals surface area contributed by atoms with Gasteiger partial charge in [-0.05, 0) is 30.3 Å². The molecule has 0 heteroatoms. The Morgan fingerprint density at radius 2 is 2.00 bits per heavy atom. The summed E-state index contributed by atoms with van der Waals surface area (Å²) in [6.07, 6.45) is 7.24. The van der Waals surface area contributed by atoms with Crippen LogP contribution < -0.4 is 0 Å². The molecule has 12 heavy (non-hydrogen) atoms. The first kappa shape index (κ1) is 9.57. The number of allylic oxidation sites excluding steroid dienone is 4. The van der Waals surface area contributed by atoms with Gasteiger partial charge in [0, 0.05) is 0 Å². The Bertz CT molecular complexity index is 206. The first-order chi connectivity index (χ1) is 5.65. The van der Waals surface area contributed by atoms with E-state index in [4.69, 9.17) is 0 Å². The maximum atomic E-state index is 2.40. The van der Waals surface area contributed by atoms with E-state index in [2.05, 4.69) is 39.8 Å². The zero-order chi connectivity index (χ0) is 9.14. The normalized spacial score (nSPS) is 19.4. The summed E-state index contributed by atoms with van der Waals surface area (Å²) in [5.74, 6) is 1.48. The summed E-state index contributed by atoms with van der Waals surface area (Å²) in [6.45, 7) is 9.12. The van der Waals surface area contributed by atoms with Crippen molar-refractivity contribution in [2.75, 3.05) is 0 Å². The average molecular weight is 164 g/mol. The molecule has 0 heterocycles. The van der Waals surface area contributed by atoms with Gasteiger partial charge >= 0.3 is 0 Å². The van der Waals surface area contributed by atoms with Gasteiger partial charge in [-0.2, -0.15) is 0 Å². The third kappa shape index (κ3) is 2.00. The minimum Gasteiger partial charge on any atom is -0.0770 e. The van der Waals surface area contributed by atoms with Crippen LogP contribution in [0.1, 0.15) is 40.5 Å². The quantitative estimate of drug-likeness (QED) is 0.592. The van der Waals surface area contributed by atoms with Crippen LogP contribution in [0.4, 0.5) is 0 Å². The summed E-state index contributed by atoms with van der Waals surface area (Å²) in [7, 11) is 0. The molecule has 0 nitrogen and oxygen atoms in total. The summed E-state index contributed by atoms with van der Waals surface area (Å²) in [5, 5.41) is 0. The fourth-order valence-corrected chi connectivity index (χ4v) is 1.55. The van der Waals surface area contributed by atoms with Crippen molar-refractivity contribution in [2.24, 2.45) is 11.8 Å². The zero-order valence-corrected chi connectivity index (χ0v) is 8.72. The van der Waals surface area contributed by atoms with Crippen LogP contribution in [0, 0.1) is 11.8 Å². The van der Waals surface area contributed by atoms with Crippen LogP contribution >= 0.6 is 0 Å². The van der Waals surface area contributed by atoms with Gasteiger partial charge in [0.2, 0.25) is 0 Å². The monoisotopic (exact) mass is 164 g/mol. The van der Waals surface area contributed by atoms with Gasteiger partial charge in [0.05, 0.1) is 0 Å². The van der Waals surface area contributed by atoms with Crippen molar-refractivity contribution in [3.05, 3.63) is 23.3 Å². The Hall–Kier alpha value is -0.520. The SMILES string of the molecule is CCC(C)C1=CCC(C(C)C)=C1. The lowest BCUT2D eigenvalue weighted by atomic mass is 9.98. The van der Waals surface area contributed by atoms with Crippen LogP contribution in [0.25, 0.3) is 0 Å². The van der Waals surface area contributed by atoms with Gasteiger partial charge in [-0.15, -0.1) is 0 Å². The molecule has 0 saturated heterocycles. The molecule has 1 aliphatic rings. The number of hydrogen-bond acceptors (Lipinski definition) is 0. The topological polar surface area (TPSA) is 0 Å². The maximum absolute atomic E-state index is 2.40. The largest absolute Gasteiger partial charge is 0.0770 e. The van der Waals surface area contributed by atoms with E-state index < -0.39 is 0 Å². The van der Waals surface area contributed by atoms with Crippen LogP contribution in [0.2, 0.25) is 0 Å². The molecule has 68 valence electrons. The highest BCUT2D eigenvalue weighted by Gasteiger charge is 2.12. The van der Waals surface area contributed by atoms with Crippen molar-refractivity contribution in [3.8, 4) is 0 Å². The second-order valence-electron chi connectivity index (χ2n) is 4.09. The first-order valence-corrected chi connectivity index (χ1v) is 5.05. The van der Waals surface area contributed by atoms with Crippen LogP contribution in [0.5, 0.6) is 0 Å². The summed E-state index contributed by atoms with van der Waals surface area (Å²) >= 11 is 0. The first-order valence-electron chi connectivity index (χ1n) is 5.05. The minimum absolute atomic E-state index is 0.725. The van der Waals surface area contributed by atoms with E-state index in [1.165, 1.54) is 12.8 Å². The molecule has 0 aromatic rings. The maximum Gasteiger partial charge on any atom is -0.0127 e. The highest BCUT2D eigenvalue weighted by atomic mass is 14.2. The zero-order valence-electron chi connectivity index (χ0n) is 8.72. The molecule has 0 radical (unpaired) electrons. The molecule has 1 atom stereocenters. The Kier molecular flexibility index (Phi) is 3.13. The predicted molar refractivity (Wildman–Crippen MR) is 55.1 cm³/mol. The summed E-state index contributed by atoms with van der Waals surface area (Å²) in [5.41, 5.74) is 3.16. The molecular formula is C12H20. The molecule has 0 saturated carbocycles. The van der Waals surface area contributed by atoms with Gasteiger partial charge in [-0.25, -0.2) is 0 Å². The van der Waals surface area contributed by atoms with E-state index in [1.54, 1.807) is 11.1 Å². The van der Waals surface area contributed by atoms with E-state index in [9.17, 15) is 0 Å². The van der Waals surface area contributed by atoms with Crippen molar-refractivity contribution >= 4 is 0 Å². The van der Waals surface area contributed by atoms with Crippen molar-refractivity contribution in [3.63, 3.8) is 0 Å². The Morgan fingerprint density at radius 1 is 1.33 bits per heavy atom. The summed E-state index contributed by atoms with van der Waals surface area (Å²) in [6, 6.07) is 0. The van der Waals surface area contributed by atoms with Gasteiger partial charge < -0.3 is 0 Å². The molecule has 0 aliphatic heterocycles. The van der Waals surface area contributed by atoms with E-state index in [-0.39, 0.29) is 0 Å². The molecule has 0 amide bonds.